The van der Waals surface area contributed by atoms with Gasteiger partial charge in [0.2, 0.25) is 5.91 Å². The number of benzene rings is 1. The van der Waals surface area contributed by atoms with Crippen molar-refractivity contribution in [1.29, 1.82) is 0 Å². The van der Waals surface area contributed by atoms with E-state index in [1.807, 2.05) is 4.90 Å². The van der Waals surface area contributed by atoms with E-state index < -0.39 is 0 Å². The second kappa shape index (κ2) is 7.61. The van der Waals surface area contributed by atoms with Crippen LogP contribution in [0, 0.1) is 0 Å². The zero-order chi connectivity index (χ0) is 18.0. The standard InChI is InChI=1S/C21H31N3O/c1-5-10-24-20-9-7-17(23-13-11-22(4)12-14-23)15-19(20)18(21(24)25)8-6-16(2)3/h6-7,9,15,18H,5,8,10-14H2,1-4H3. The summed E-state index contributed by atoms with van der Waals surface area (Å²) in [6.45, 7) is 11.5. The predicted octanol–water partition coefficient (Wildman–Crippen LogP) is 3.63. The van der Waals surface area contributed by atoms with E-state index in [-0.39, 0.29) is 11.8 Å². The van der Waals surface area contributed by atoms with Gasteiger partial charge in [0.1, 0.15) is 0 Å². The maximum atomic E-state index is 13.0. The molecule has 2 aliphatic rings. The molecule has 0 spiro atoms. The van der Waals surface area contributed by atoms with E-state index >= 15 is 0 Å². The van der Waals surface area contributed by atoms with Crippen molar-refractivity contribution < 1.29 is 4.79 Å². The Kier molecular flexibility index (Phi) is 5.48. The van der Waals surface area contributed by atoms with Gasteiger partial charge in [-0.2, -0.15) is 0 Å². The first-order valence-electron chi connectivity index (χ1n) is 9.53. The third-order valence-electron chi connectivity index (χ3n) is 5.32. The molecule has 1 aromatic rings. The molecular weight excluding hydrogens is 310 g/mol. The summed E-state index contributed by atoms with van der Waals surface area (Å²) in [5, 5.41) is 0. The summed E-state index contributed by atoms with van der Waals surface area (Å²) >= 11 is 0. The molecule has 25 heavy (non-hydrogen) atoms. The van der Waals surface area contributed by atoms with E-state index in [0.29, 0.717) is 0 Å². The number of piperazine rings is 1. The van der Waals surface area contributed by atoms with Gasteiger partial charge in [0, 0.05) is 44.1 Å². The Morgan fingerprint density at radius 2 is 1.92 bits per heavy atom. The monoisotopic (exact) mass is 341 g/mol. The molecule has 4 nitrogen and oxygen atoms in total. The first-order valence-corrected chi connectivity index (χ1v) is 9.53. The van der Waals surface area contributed by atoms with Crippen molar-refractivity contribution in [3.05, 3.63) is 35.4 Å². The maximum absolute atomic E-state index is 13.0. The zero-order valence-corrected chi connectivity index (χ0v) is 16.1. The lowest BCUT2D eigenvalue weighted by molar-refractivity contribution is -0.119. The summed E-state index contributed by atoms with van der Waals surface area (Å²) in [5.74, 6) is 0.244. The van der Waals surface area contributed by atoms with Gasteiger partial charge in [0.25, 0.3) is 0 Å². The number of likely N-dealkylation sites (N-methyl/N-ethyl adjacent to an activating group) is 1. The molecule has 0 radical (unpaired) electrons. The predicted molar refractivity (Wildman–Crippen MR) is 106 cm³/mol. The fourth-order valence-electron chi connectivity index (χ4n) is 3.80. The van der Waals surface area contributed by atoms with Crippen LogP contribution in [0.4, 0.5) is 11.4 Å². The van der Waals surface area contributed by atoms with Crippen LogP contribution in [0.1, 0.15) is 45.1 Å². The first kappa shape index (κ1) is 18.0. The molecule has 1 atom stereocenters. The number of carbonyl (C=O) groups excluding carboxylic acids is 1. The Morgan fingerprint density at radius 1 is 1.20 bits per heavy atom. The van der Waals surface area contributed by atoms with Crippen LogP contribution < -0.4 is 9.80 Å². The number of hydrogen-bond donors (Lipinski definition) is 0. The average Bonchev–Trinajstić information content (AvgIpc) is 2.85. The molecule has 0 aromatic heterocycles. The van der Waals surface area contributed by atoms with Gasteiger partial charge in [-0.05, 0) is 57.5 Å². The van der Waals surface area contributed by atoms with Crippen molar-refractivity contribution in [2.45, 2.75) is 39.5 Å². The van der Waals surface area contributed by atoms with Crippen LogP contribution in [0.15, 0.2) is 29.8 Å². The van der Waals surface area contributed by atoms with Crippen LogP contribution in [0.25, 0.3) is 0 Å². The van der Waals surface area contributed by atoms with E-state index in [0.717, 1.165) is 51.3 Å². The topological polar surface area (TPSA) is 26.8 Å². The van der Waals surface area contributed by atoms with Crippen LogP contribution in [0.2, 0.25) is 0 Å². The molecule has 3 rings (SSSR count). The second-order valence-corrected chi connectivity index (χ2v) is 7.59. The van der Waals surface area contributed by atoms with Crippen molar-refractivity contribution >= 4 is 17.3 Å². The number of nitrogens with zero attached hydrogens (tertiary/aromatic N) is 3. The number of allylic oxidation sites excluding steroid dienone is 2. The number of anilines is 2. The highest BCUT2D eigenvalue weighted by Gasteiger charge is 2.36. The summed E-state index contributed by atoms with van der Waals surface area (Å²) in [6.07, 6.45) is 3.99. The number of hydrogen-bond acceptors (Lipinski definition) is 3. The Labute approximate surface area is 152 Å². The van der Waals surface area contributed by atoms with Crippen LogP contribution >= 0.6 is 0 Å². The second-order valence-electron chi connectivity index (χ2n) is 7.59. The number of rotatable bonds is 5. The summed E-state index contributed by atoms with van der Waals surface area (Å²) in [4.78, 5) is 19.8. The van der Waals surface area contributed by atoms with Gasteiger partial charge < -0.3 is 14.7 Å². The third kappa shape index (κ3) is 3.74. The van der Waals surface area contributed by atoms with Crippen molar-refractivity contribution in [3.63, 3.8) is 0 Å². The fourth-order valence-corrected chi connectivity index (χ4v) is 3.80. The van der Waals surface area contributed by atoms with E-state index in [4.69, 9.17) is 0 Å². The van der Waals surface area contributed by atoms with Crippen LogP contribution in [0.3, 0.4) is 0 Å². The molecule has 4 heteroatoms. The van der Waals surface area contributed by atoms with E-state index in [2.05, 4.69) is 61.9 Å². The third-order valence-corrected chi connectivity index (χ3v) is 5.32. The van der Waals surface area contributed by atoms with E-state index in [9.17, 15) is 4.79 Å². The molecule has 0 saturated carbocycles. The van der Waals surface area contributed by atoms with Crippen LogP contribution in [-0.4, -0.2) is 50.6 Å². The molecule has 0 N–H and O–H groups in total. The molecule has 1 aromatic carbocycles. The molecule has 1 unspecified atom stereocenters. The van der Waals surface area contributed by atoms with E-state index in [1.165, 1.54) is 16.8 Å². The van der Waals surface area contributed by atoms with Crippen molar-refractivity contribution in [3.8, 4) is 0 Å². The smallest absolute Gasteiger partial charge is 0.234 e. The molecular formula is C21H31N3O. The summed E-state index contributed by atoms with van der Waals surface area (Å²) in [5.41, 5.74) is 4.88. The Bertz CT molecular complexity index is 655. The normalized spacial score (nSPS) is 20.8. The highest BCUT2D eigenvalue weighted by molar-refractivity contribution is 6.05. The molecule has 2 heterocycles. The number of fused-ring (bicyclic) bond motifs is 1. The molecule has 1 saturated heterocycles. The fraction of sp³-hybridized carbons (Fsp3) is 0.571. The summed E-state index contributed by atoms with van der Waals surface area (Å²) < 4.78 is 0. The van der Waals surface area contributed by atoms with Gasteiger partial charge >= 0.3 is 0 Å². The molecule has 1 fully saturated rings. The van der Waals surface area contributed by atoms with Gasteiger partial charge in [0.15, 0.2) is 0 Å². The minimum atomic E-state index is -0.0242. The zero-order valence-electron chi connectivity index (χ0n) is 16.1. The summed E-state index contributed by atoms with van der Waals surface area (Å²) in [6, 6.07) is 6.64. The minimum Gasteiger partial charge on any atom is -0.369 e. The van der Waals surface area contributed by atoms with Crippen LogP contribution in [-0.2, 0) is 4.79 Å². The van der Waals surface area contributed by atoms with Gasteiger partial charge in [-0.15, -0.1) is 0 Å². The quantitative estimate of drug-likeness (QED) is 0.765. The molecule has 0 bridgehead atoms. The number of amides is 1. The Morgan fingerprint density at radius 3 is 2.56 bits per heavy atom. The highest BCUT2D eigenvalue weighted by atomic mass is 16.2. The maximum Gasteiger partial charge on any atom is 0.234 e. The number of carbonyl (C=O) groups is 1. The molecule has 136 valence electrons. The molecule has 1 amide bonds. The lowest BCUT2D eigenvalue weighted by atomic mass is 9.95. The summed E-state index contributed by atoms with van der Waals surface area (Å²) in [7, 11) is 2.18. The average molecular weight is 341 g/mol. The Hall–Kier alpha value is -1.81. The lowest BCUT2D eigenvalue weighted by Crippen LogP contribution is -2.44. The van der Waals surface area contributed by atoms with Crippen molar-refractivity contribution in [2.24, 2.45) is 0 Å². The van der Waals surface area contributed by atoms with Gasteiger partial charge in [-0.25, -0.2) is 0 Å². The Balaban J connectivity index is 1.91. The SMILES string of the molecule is CCCN1C(=O)C(CC=C(C)C)c2cc(N3CCN(C)CC3)ccc21. The van der Waals surface area contributed by atoms with Crippen LogP contribution in [0.5, 0.6) is 0 Å². The van der Waals surface area contributed by atoms with Gasteiger partial charge in [-0.3, -0.25) is 4.79 Å². The molecule has 0 aliphatic carbocycles. The largest absolute Gasteiger partial charge is 0.369 e. The lowest BCUT2D eigenvalue weighted by Gasteiger charge is -2.34. The molecule has 2 aliphatic heterocycles. The first-order chi connectivity index (χ1) is 12.0. The van der Waals surface area contributed by atoms with Crippen molar-refractivity contribution in [1.82, 2.24) is 4.90 Å². The van der Waals surface area contributed by atoms with Crippen molar-refractivity contribution in [2.75, 3.05) is 49.6 Å². The van der Waals surface area contributed by atoms with Gasteiger partial charge in [0.05, 0.1) is 5.92 Å². The highest BCUT2D eigenvalue weighted by Crippen LogP contribution is 2.41. The van der Waals surface area contributed by atoms with E-state index in [1.54, 1.807) is 0 Å². The van der Waals surface area contributed by atoms with Gasteiger partial charge in [-0.1, -0.05) is 18.6 Å². The minimum absolute atomic E-state index is 0.0242.